The summed E-state index contributed by atoms with van der Waals surface area (Å²) in [7, 11) is 0. The van der Waals surface area contributed by atoms with Gasteiger partial charge in [-0.15, -0.1) is 0 Å². The minimum absolute atomic E-state index is 0.114. The monoisotopic (exact) mass is 570 g/mol. The van der Waals surface area contributed by atoms with Gasteiger partial charge in [-0.1, -0.05) is 60.4 Å². The molecule has 0 bridgehead atoms. The molecule has 7 nitrogen and oxygen atoms in total. The van der Waals surface area contributed by atoms with Gasteiger partial charge in [0, 0.05) is 12.1 Å². The number of non-ortho nitro benzene ring substituents is 1. The van der Waals surface area contributed by atoms with Crippen LogP contribution in [-0.4, -0.2) is 21.8 Å². The summed E-state index contributed by atoms with van der Waals surface area (Å²) in [5, 5.41) is 11.1. The number of thioether (sulfide) groups is 1. The highest BCUT2D eigenvalue weighted by atomic mass is 79.9. The molecule has 0 saturated carbocycles. The average molecular weight is 571 g/mol. The number of halogens is 1. The molecular formula is C25H19BrN2O5S2. The maximum Gasteiger partial charge on any atom is 0.271 e. The molecule has 178 valence electrons. The topological polar surface area (TPSA) is 81.9 Å². The average Bonchev–Trinajstić information content (AvgIpc) is 3.12. The van der Waals surface area contributed by atoms with E-state index in [0.717, 1.165) is 17.3 Å². The Labute approximate surface area is 220 Å². The van der Waals surface area contributed by atoms with Crippen LogP contribution in [0.4, 0.5) is 11.4 Å². The van der Waals surface area contributed by atoms with Gasteiger partial charge in [0.25, 0.3) is 11.6 Å². The van der Waals surface area contributed by atoms with Crippen molar-refractivity contribution < 1.29 is 19.2 Å². The Balaban J connectivity index is 1.61. The van der Waals surface area contributed by atoms with Gasteiger partial charge in [0.2, 0.25) is 0 Å². The Morgan fingerprint density at radius 3 is 2.60 bits per heavy atom. The number of nitrogens with zero attached hydrogens (tertiary/aromatic N) is 2. The minimum atomic E-state index is -0.509. The van der Waals surface area contributed by atoms with Crippen molar-refractivity contribution in [3.8, 4) is 11.5 Å². The maximum atomic E-state index is 13.1. The van der Waals surface area contributed by atoms with Crippen LogP contribution in [0, 0.1) is 10.1 Å². The number of nitro groups is 1. The zero-order valence-corrected chi connectivity index (χ0v) is 21.7. The molecule has 0 N–H and O–H groups in total. The molecule has 0 spiro atoms. The van der Waals surface area contributed by atoms with E-state index in [4.69, 9.17) is 21.7 Å². The van der Waals surface area contributed by atoms with E-state index in [1.165, 1.54) is 23.1 Å². The first kappa shape index (κ1) is 24.9. The van der Waals surface area contributed by atoms with Crippen LogP contribution < -0.4 is 14.4 Å². The third kappa shape index (κ3) is 5.72. The highest BCUT2D eigenvalue weighted by Crippen LogP contribution is 2.41. The predicted molar refractivity (Wildman–Crippen MR) is 145 cm³/mol. The van der Waals surface area contributed by atoms with E-state index < -0.39 is 4.92 Å². The van der Waals surface area contributed by atoms with Crippen LogP contribution in [0.15, 0.2) is 76.1 Å². The molecule has 0 aromatic heterocycles. The molecule has 0 aliphatic carbocycles. The van der Waals surface area contributed by atoms with Gasteiger partial charge in [0.05, 0.1) is 26.6 Å². The lowest BCUT2D eigenvalue weighted by molar-refractivity contribution is -0.384. The number of anilines is 1. The first-order valence-corrected chi connectivity index (χ1v) is 12.5. The maximum absolute atomic E-state index is 13.1. The van der Waals surface area contributed by atoms with Crippen LogP contribution in [0.2, 0.25) is 0 Å². The Morgan fingerprint density at radius 2 is 1.89 bits per heavy atom. The molecule has 1 fully saturated rings. The fraction of sp³-hybridized carbons (Fsp3) is 0.120. The minimum Gasteiger partial charge on any atom is -0.490 e. The molecule has 1 aliphatic heterocycles. The van der Waals surface area contributed by atoms with Gasteiger partial charge in [-0.25, -0.2) is 0 Å². The molecule has 0 radical (unpaired) electrons. The van der Waals surface area contributed by atoms with Crippen molar-refractivity contribution in [3.63, 3.8) is 0 Å². The Bertz CT molecular complexity index is 1330. The summed E-state index contributed by atoms with van der Waals surface area (Å²) in [4.78, 5) is 25.5. The number of hydrogen-bond donors (Lipinski definition) is 0. The Hall–Kier alpha value is -3.21. The standard InChI is InChI=1S/C25H19BrN2O5S2/c1-2-32-21-12-17(11-20(26)23(21)33-15-16-7-4-3-5-8-16)13-22-24(29)27(25(34)35-22)18-9-6-10-19(14-18)28(30)31/h3-14H,2,15H2,1H3/b22-13-. The smallest absolute Gasteiger partial charge is 0.271 e. The number of rotatable bonds is 8. The summed E-state index contributed by atoms with van der Waals surface area (Å²) in [5.74, 6) is 0.759. The molecule has 3 aromatic carbocycles. The summed E-state index contributed by atoms with van der Waals surface area (Å²) in [6, 6.07) is 19.3. The number of nitro benzene ring substituents is 1. The number of amides is 1. The van der Waals surface area contributed by atoms with Gasteiger partial charge >= 0.3 is 0 Å². The third-order valence-corrected chi connectivity index (χ3v) is 6.84. The molecule has 3 aromatic rings. The molecule has 1 heterocycles. The van der Waals surface area contributed by atoms with Crippen molar-refractivity contribution in [3.05, 3.63) is 97.3 Å². The summed E-state index contributed by atoms with van der Waals surface area (Å²) in [6.07, 6.45) is 1.71. The number of carbonyl (C=O) groups excluding carboxylic acids is 1. The number of thiocarbonyl (C=S) groups is 1. The van der Waals surface area contributed by atoms with Crippen LogP contribution in [0.25, 0.3) is 6.08 Å². The highest BCUT2D eigenvalue weighted by Gasteiger charge is 2.34. The van der Waals surface area contributed by atoms with Crippen LogP contribution >= 0.6 is 39.9 Å². The summed E-state index contributed by atoms with van der Waals surface area (Å²) in [6.45, 7) is 2.69. The van der Waals surface area contributed by atoms with Crippen molar-refractivity contribution >= 4 is 67.6 Å². The van der Waals surface area contributed by atoms with Gasteiger partial charge in [-0.05, 0) is 58.3 Å². The van der Waals surface area contributed by atoms with E-state index in [0.29, 0.717) is 49.7 Å². The fourth-order valence-corrected chi connectivity index (χ4v) is 5.26. The molecule has 0 atom stereocenters. The number of hydrogen-bond acceptors (Lipinski definition) is 7. The molecule has 0 unspecified atom stereocenters. The molecule has 35 heavy (non-hydrogen) atoms. The molecular weight excluding hydrogens is 552 g/mol. The first-order chi connectivity index (χ1) is 16.9. The predicted octanol–water partition coefficient (Wildman–Crippen LogP) is 6.74. The van der Waals surface area contributed by atoms with Crippen molar-refractivity contribution in [1.29, 1.82) is 0 Å². The normalized spacial score (nSPS) is 14.5. The lowest BCUT2D eigenvalue weighted by Crippen LogP contribution is -2.27. The zero-order valence-electron chi connectivity index (χ0n) is 18.5. The molecule has 1 amide bonds. The zero-order chi connectivity index (χ0) is 24.9. The fourth-order valence-electron chi connectivity index (χ4n) is 3.39. The van der Waals surface area contributed by atoms with Crippen molar-refractivity contribution in [2.24, 2.45) is 0 Å². The second kappa shape index (κ2) is 11.0. The lowest BCUT2D eigenvalue weighted by atomic mass is 10.1. The van der Waals surface area contributed by atoms with Gasteiger partial charge in [-0.2, -0.15) is 0 Å². The SMILES string of the molecule is CCOc1cc(/C=C2\SC(=S)N(c3cccc([N+](=O)[O-])c3)C2=O)cc(Br)c1OCc1ccccc1. The number of carbonyl (C=O) groups is 1. The first-order valence-electron chi connectivity index (χ1n) is 10.5. The summed E-state index contributed by atoms with van der Waals surface area (Å²) in [5.41, 5.74) is 1.98. The summed E-state index contributed by atoms with van der Waals surface area (Å²) < 4.78 is 12.8. The van der Waals surface area contributed by atoms with Gasteiger partial charge in [0.15, 0.2) is 15.8 Å². The molecule has 4 rings (SSSR count). The van der Waals surface area contributed by atoms with Crippen molar-refractivity contribution in [1.82, 2.24) is 0 Å². The number of benzene rings is 3. The van der Waals surface area contributed by atoms with Crippen molar-refractivity contribution in [2.75, 3.05) is 11.5 Å². The van der Waals surface area contributed by atoms with Crippen LogP contribution in [-0.2, 0) is 11.4 Å². The Kier molecular flexibility index (Phi) is 7.84. The third-order valence-electron chi connectivity index (χ3n) is 4.95. The van der Waals surface area contributed by atoms with Crippen LogP contribution in [0.5, 0.6) is 11.5 Å². The van der Waals surface area contributed by atoms with Crippen molar-refractivity contribution in [2.45, 2.75) is 13.5 Å². The van der Waals surface area contributed by atoms with Crippen LogP contribution in [0.3, 0.4) is 0 Å². The second-order valence-electron chi connectivity index (χ2n) is 7.33. The van der Waals surface area contributed by atoms with E-state index in [1.54, 1.807) is 18.2 Å². The molecule has 1 saturated heterocycles. The Morgan fingerprint density at radius 1 is 1.11 bits per heavy atom. The van der Waals surface area contributed by atoms with E-state index in [2.05, 4.69) is 15.9 Å². The lowest BCUT2D eigenvalue weighted by Gasteiger charge is -2.15. The number of ether oxygens (including phenoxy) is 2. The highest BCUT2D eigenvalue weighted by molar-refractivity contribution is 9.10. The largest absolute Gasteiger partial charge is 0.490 e. The van der Waals surface area contributed by atoms with E-state index in [1.807, 2.05) is 43.3 Å². The van der Waals surface area contributed by atoms with Gasteiger partial charge in [-0.3, -0.25) is 19.8 Å². The van der Waals surface area contributed by atoms with E-state index in [-0.39, 0.29) is 11.6 Å². The van der Waals surface area contributed by atoms with E-state index >= 15 is 0 Å². The second-order valence-corrected chi connectivity index (χ2v) is 9.86. The van der Waals surface area contributed by atoms with Gasteiger partial charge < -0.3 is 9.47 Å². The quantitative estimate of drug-likeness (QED) is 0.128. The molecule has 1 aliphatic rings. The van der Waals surface area contributed by atoms with Crippen LogP contribution in [0.1, 0.15) is 18.1 Å². The van der Waals surface area contributed by atoms with Gasteiger partial charge in [0.1, 0.15) is 6.61 Å². The summed E-state index contributed by atoms with van der Waals surface area (Å²) >= 11 is 10.1. The van der Waals surface area contributed by atoms with E-state index in [9.17, 15) is 14.9 Å². The molecule has 10 heteroatoms.